The smallest absolute Gasteiger partial charge is 0.131 e. The summed E-state index contributed by atoms with van der Waals surface area (Å²) in [6, 6.07) is 0. The van der Waals surface area contributed by atoms with Gasteiger partial charge in [0.15, 0.2) is 0 Å². The SMILES string of the molecule is NCC1CCc2[nH]nc(Br)c21. The molecule has 0 amide bonds. The normalized spacial score (nSPS) is 22.2. The lowest BCUT2D eigenvalue weighted by molar-refractivity contribution is 0.677. The number of aromatic nitrogens is 2. The molecule has 3 nitrogen and oxygen atoms in total. The summed E-state index contributed by atoms with van der Waals surface area (Å²) in [5, 5.41) is 7.07. The maximum absolute atomic E-state index is 5.61. The molecule has 0 spiro atoms. The lowest BCUT2D eigenvalue weighted by atomic mass is 10.1. The highest BCUT2D eigenvalue weighted by Gasteiger charge is 2.25. The van der Waals surface area contributed by atoms with Crippen LogP contribution in [0.4, 0.5) is 0 Å². The number of nitrogens with zero attached hydrogens (tertiary/aromatic N) is 1. The fraction of sp³-hybridized carbons (Fsp3) is 0.571. The van der Waals surface area contributed by atoms with Crippen molar-refractivity contribution in [3.05, 3.63) is 15.9 Å². The van der Waals surface area contributed by atoms with Gasteiger partial charge in [0.25, 0.3) is 0 Å². The van der Waals surface area contributed by atoms with E-state index in [0.717, 1.165) is 17.6 Å². The zero-order valence-electron chi connectivity index (χ0n) is 6.10. The molecule has 1 aliphatic rings. The van der Waals surface area contributed by atoms with Crippen LogP contribution in [-0.2, 0) is 6.42 Å². The summed E-state index contributed by atoms with van der Waals surface area (Å²) >= 11 is 3.40. The number of aromatic amines is 1. The van der Waals surface area contributed by atoms with E-state index in [-0.39, 0.29) is 0 Å². The highest BCUT2D eigenvalue weighted by atomic mass is 79.9. The number of aryl methyl sites for hydroxylation is 1. The molecule has 3 N–H and O–H groups in total. The van der Waals surface area contributed by atoms with Gasteiger partial charge in [0.05, 0.1) is 0 Å². The molecule has 0 aromatic carbocycles. The maximum Gasteiger partial charge on any atom is 0.131 e. The van der Waals surface area contributed by atoms with Crippen LogP contribution < -0.4 is 5.73 Å². The van der Waals surface area contributed by atoms with E-state index in [1.165, 1.54) is 17.7 Å². The van der Waals surface area contributed by atoms with Gasteiger partial charge in [-0.25, -0.2) is 0 Å². The van der Waals surface area contributed by atoms with Crippen molar-refractivity contribution in [3.8, 4) is 0 Å². The summed E-state index contributed by atoms with van der Waals surface area (Å²) in [6.45, 7) is 0.727. The van der Waals surface area contributed by atoms with Gasteiger partial charge < -0.3 is 5.73 Å². The first-order chi connectivity index (χ1) is 5.33. The molecule has 2 rings (SSSR count). The lowest BCUT2D eigenvalue weighted by Gasteiger charge is -2.04. The van der Waals surface area contributed by atoms with E-state index < -0.39 is 0 Å². The Morgan fingerprint density at radius 3 is 3.27 bits per heavy atom. The monoisotopic (exact) mass is 215 g/mol. The molecule has 11 heavy (non-hydrogen) atoms. The van der Waals surface area contributed by atoms with E-state index in [9.17, 15) is 0 Å². The summed E-state index contributed by atoms with van der Waals surface area (Å²) in [5.74, 6) is 0.512. The molecule has 0 saturated heterocycles. The van der Waals surface area contributed by atoms with Crippen LogP contribution in [0.15, 0.2) is 4.60 Å². The molecule has 0 bridgehead atoms. The number of nitrogens with two attached hydrogens (primary N) is 1. The predicted molar refractivity (Wildman–Crippen MR) is 46.4 cm³/mol. The van der Waals surface area contributed by atoms with E-state index in [4.69, 9.17) is 5.73 Å². The van der Waals surface area contributed by atoms with E-state index in [1.807, 2.05) is 0 Å². The Balaban J connectivity index is 2.42. The predicted octanol–water partition coefficient (Wildman–Crippen LogP) is 1.16. The minimum atomic E-state index is 0.512. The summed E-state index contributed by atoms with van der Waals surface area (Å²) in [6.07, 6.45) is 2.26. The van der Waals surface area contributed by atoms with Crippen LogP contribution in [0.2, 0.25) is 0 Å². The van der Waals surface area contributed by atoms with Crippen LogP contribution in [0.25, 0.3) is 0 Å². The molecule has 4 heteroatoms. The van der Waals surface area contributed by atoms with Crippen LogP contribution in [0.1, 0.15) is 23.6 Å². The molecule has 1 heterocycles. The van der Waals surface area contributed by atoms with Gasteiger partial charge in [-0.15, -0.1) is 0 Å². The van der Waals surface area contributed by atoms with Crippen molar-refractivity contribution in [3.63, 3.8) is 0 Å². The third-order valence-corrected chi connectivity index (χ3v) is 2.88. The first-order valence-corrected chi connectivity index (χ1v) is 4.55. The number of fused-ring (bicyclic) bond motifs is 1. The van der Waals surface area contributed by atoms with Crippen molar-refractivity contribution in [1.82, 2.24) is 10.2 Å². The van der Waals surface area contributed by atoms with E-state index in [2.05, 4.69) is 26.1 Å². The van der Waals surface area contributed by atoms with Gasteiger partial charge in [0.1, 0.15) is 4.60 Å². The van der Waals surface area contributed by atoms with Crippen LogP contribution in [0.3, 0.4) is 0 Å². The van der Waals surface area contributed by atoms with Crippen LogP contribution in [-0.4, -0.2) is 16.7 Å². The second-order valence-electron chi connectivity index (χ2n) is 2.88. The highest BCUT2D eigenvalue weighted by Crippen LogP contribution is 2.35. The van der Waals surface area contributed by atoms with Gasteiger partial charge in [0.2, 0.25) is 0 Å². The van der Waals surface area contributed by atoms with Crippen molar-refractivity contribution in [2.75, 3.05) is 6.54 Å². The highest BCUT2D eigenvalue weighted by molar-refractivity contribution is 9.10. The zero-order chi connectivity index (χ0) is 7.84. The van der Waals surface area contributed by atoms with Crippen LogP contribution in [0, 0.1) is 0 Å². The third kappa shape index (κ3) is 1.01. The molecule has 1 aliphatic carbocycles. The van der Waals surface area contributed by atoms with Crippen molar-refractivity contribution in [1.29, 1.82) is 0 Å². The van der Waals surface area contributed by atoms with Crippen molar-refractivity contribution in [2.24, 2.45) is 5.73 Å². The molecule has 0 fully saturated rings. The number of H-pyrrole nitrogens is 1. The van der Waals surface area contributed by atoms with E-state index >= 15 is 0 Å². The Morgan fingerprint density at radius 1 is 1.73 bits per heavy atom. The van der Waals surface area contributed by atoms with Crippen molar-refractivity contribution in [2.45, 2.75) is 18.8 Å². The molecule has 1 aromatic heterocycles. The molecule has 0 saturated carbocycles. The summed E-state index contributed by atoms with van der Waals surface area (Å²) in [4.78, 5) is 0. The van der Waals surface area contributed by atoms with Crippen LogP contribution >= 0.6 is 15.9 Å². The lowest BCUT2D eigenvalue weighted by Crippen LogP contribution is -2.09. The average Bonchev–Trinajstić information content (AvgIpc) is 2.54. The first-order valence-electron chi connectivity index (χ1n) is 3.75. The largest absolute Gasteiger partial charge is 0.330 e. The summed E-state index contributed by atoms with van der Waals surface area (Å²) < 4.78 is 0.945. The number of halogens is 1. The first kappa shape index (κ1) is 7.31. The number of rotatable bonds is 1. The Hall–Kier alpha value is -0.350. The van der Waals surface area contributed by atoms with Gasteiger partial charge in [-0.3, -0.25) is 5.10 Å². The van der Waals surface area contributed by atoms with Gasteiger partial charge in [-0.1, -0.05) is 0 Å². The standard InChI is InChI=1S/C7H10BrN3/c8-7-6-4(3-9)1-2-5(6)10-11-7/h4H,1-3,9H2,(H,10,11). The fourth-order valence-electron chi connectivity index (χ4n) is 1.67. The molecule has 1 aromatic rings. The summed E-state index contributed by atoms with van der Waals surface area (Å²) in [7, 11) is 0. The third-order valence-electron chi connectivity index (χ3n) is 2.27. The average molecular weight is 216 g/mol. The van der Waals surface area contributed by atoms with E-state index in [0.29, 0.717) is 5.92 Å². The fourth-order valence-corrected chi connectivity index (χ4v) is 2.32. The zero-order valence-corrected chi connectivity index (χ0v) is 7.69. The second kappa shape index (κ2) is 2.60. The Bertz CT molecular complexity index is 269. The number of hydrogen-bond donors (Lipinski definition) is 2. The molecule has 1 atom stereocenters. The minimum absolute atomic E-state index is 0.512. The van der Waals surface area contributed by atoms with Gasteiger partial charge in [0, 0.05) is 17.2 Å². The topological polar surface area (TPSA) is 54.7 Å². The Morgan fingerprint density at radius 2 is 2.55 bits per heavy atom. The van der Waals surface area contributed by atoms with E-state index in [1.54, 1.807) is 0 Å². The Kier molecular flexibility index (Phi) is 1.73. The maximum atomic E-state index is 5.61. The van der Waals surface area contributed by atoms with Crippen LogP contribution in [0.5, 0.6) is 0 Å². The number of hydrogen-bond acceptors (Lipinski definition) is 2. The van der Waals surface area contributed by atoms with Gasteiger partial charge in [-0.05, 0) is 35.3 Å². The molecule has 0 radical (unpaired) electrons. The molecular formula is C7H10BrN3. The van der Waals surface area contributed by atoms with Crippen molar-refractivity contribution < 1.29 is 0 Å². The van der Waals surface area contributed by atoms with Gasteiger partial charge >= 0.3 is 0 Å². The Labute approximate surface area is 73.5 Å². The summed E-state index contributed by atoms with van der Waals surface area (Å²) in [5.41, 5.74) is 8.17. The second-order valence-corrected chi connectivity index (χ2v) is 3.63. The molecular weight excluding hydrogens is 206 g/mol. The molecule has 1 unspecified atom stereocenters. The number of nitrogens with one attached hydrogen (secondary N) is 1. The molecule has 60 valence electrons. The molecule has 0 aliphatic heterocycles. The van der Waals surface area contributed by atoms with Gasteiger partial charge in [-0.2, -0.15) is 5.10 Å². The quantitative estimate of drug-likeness (QED) is 0.740. The van der Waals surface area contributed by atoms with Crippen molar-refractivity contribution >= 4 is 15.9 Å². The minimum Gasteiger partial charge on any atom is -0.330 e.